The summed E-state index contributed by atoms with van der Waals surface area (Å²) < 4.78 is 37.8. The van der Waals surface area contributed by atoms with Crippen molar-refractivity contribution in [3.8, 4) is 22.6 Å². The van der Waals surface area contributed by atoms with Gasteiger partial charge in [0.2, 0.25) is 5.91 Å². The van der Waals surface area contributed by atoms with Gasteiger partial charge in [-0.2, -0.15) is 0 Å². The Kier molecular flexibility index (Phi) is 18.2. The number of ether oxygens (including phenoxy) is 1. The number of ketones is 1. The second-order valence-corrected chi connectivity index (χ2v) is 24.0. The molecule has 0 bridgehead atoms. The van der Waals surface area contributed by atoms with Crippen LogP contribution in [0, 0.1) is 5.41 Å². The van der Waals surface area contributed by atoms with E-state index in [0.717, 1.165) is 31.4 Å². The number of carbonyl (C=O) groups is 2. The van der Waals surface area contributed by atoms with Gasteiger partial charge in [0.15, 0.2) is 17.4 Å². The van der Waals surface area contributed by atoms with Crippen molar-refractivity contribution in [3.63, 3.8) is 0 Å². The number of para-hydroxylation sites is 2. The third-order valence-electron chi connectivity index (χ3n) is 14.4. The summed E-state index contributed by atoms with van der Waals surface area (Å²) in [5.41, 5.74) is 5.14. The second kappa shape index (κ2) is 24.9. The number of carbonyl (C=O) groups excluding carboxylic acids is 2. The summed E-state index contributed by atoms with van der Waals surface area (Å²) in [6, 6.07) is 33.3. The minimum atomic E-state index is -4.12. The van der Waals surface area contributed by atoms with Gasteiger partial charge in [-0.15, -0.1) is 0 Å². The summed E-state index contributed by atoms with van der Waals surface area (Å²) in [6.07, 6.45) is 21.4. The number of anilines is 3. The van der Waals surface area contributed by atoms with E-state index >= 15 is 4.79 Å². The number of hydrogen-bond acceptors (Lipinski definition) is 9. The number of amidine groups is 1. The highest BCUT2D eigenvalue weighted by Crippen LogP contribution is 2.50. The molecule has 0 saturated heterocycles. The Hall–Kier alpha value is -6.53. The number of fused-ring (bicyclic) bond motifs is 3. The summed E-state index contributed by atoms with van der Waals surface area (Å²) >= 11 is 0. The summed E-state index contributed by atoms with van der Waals surface area (Å²) in [4.78, 5) is 39.0. The van der Waals surface area contributed by atoms with Crippen LogP contribution in [0.15, 0.2) is 119 Å². The molecule has 0 unspecified atom stereocenters. The molecule has 396 valence electrons. The lowest BCUT2D eigenvalue weighted by Gasteiger charge is -2.33. The van der Waals surface area contributed by atoms with E-state index in [1.165, 1.54) is 95.1 Å². The molecule has 4 N–H and O–H groups in total. The van der Waals surface area contributed by atoms with Crippen molar-refractivity contribution in [2.24, 2.45) is 10.4 Å². The van der Waals surface area contributed by atoms with E-state index in [-0.39, 0.29) is 51.3 Å². The highest BCUT2D eigenvalue weighted by molar-refractivity contribution is 7.90. The van der Waals surface area contributed by atoms with Gasteiger partial charge < -0.3 is 20.7 Å². The van der Waals surface area contributed by atoms with E-state index in [1.807, 2.05) is 60.7 Å². The van der Waals surface area contributed by atoms with Gasteiger partial charge in [-0.3, -0.25) is 14.3 Å². The molecule has 1 aliphatic carbocycles. The first-order valence-electron chi connectivity index (χ1n) is 27.6. The van der Waals surface area contributed by atoms with Crippen LogP contribution in [0.4, 0.5) is 22.9 Å². The molecule has 6 aromatic rings. The lowest BCUT2D eigenvalue weighted by atomic mass is 9.72. The lowest BCUT2D eigenvalue weighted by molar-refractivity contribution is -0.119. The van der Waals surface area contributed by atoms with Crippen LogP contribution >= 0.6 is 0 Å². The van der Waals surface area contributed by atoms with E-state index < -0.39 is 10.0 Å². The number of nitrogens with one attached hydrogen (secondary N) is 4. The molecule has 1 amide bonds. The zero-order valence-corrected chi connectivity index (χ0v) is 46.0. The highest BCUT2D eigenvalue weighted by Gasteiger charge is 2.37. The maximum Gasteiger partial charge on any atom is 0.265 e. The number of aromatic nitrogens is 1. The number of nitrogens with zero attached hydrogens (tertiary/aromatic N) is 2. The fourth-order valence-corrected chi connectivity index (χ4v) is 12.2. The number of aliphatic imine (C=N–C) groups is 1. The monoisotopic (exact) mass is 1030 g/mol. The molecule has 5 aromatic carbocycles. The number of unbranched alkanes of at least 4 members (excludes halogenated alkanes) is 15. The highest BCUT2D eigenvalue weighted by atomic mass is 32.2. The fraction of sp³-hybridized carbons (Fsp3) is 0.429. The van der Waals surface area contributed by atoms with Crippen molar-refractivity contribution in [1.29, 1.82) is 0 Å². The van der Waals surface area contributed by atoms with E-state index in [2.05, 4.69) is 74.3 Å². The van der Waals surface area contributed by atoms with E-state index in [1.54, 1.807) is 30.3 Å². The Morgan fingerprint density at radius 1 is 0.667 bits per heavy atom. The van der Waals surface area contributed by atoms with Crippen molar-refractivity contribution < 1.29 is 22.7 Å². The number of sulfonamides is 1. The van der Waals surface area contributed by atoms with Gasteiger partial charge in [-0.05, 0) is 71.2 Å². The van der Waals surface area contributed by atoms with Crippen molar-refractivity contribution in [2.45, 2.75) is 161 Å². The normalized spacial score (nSPS) is 13.6. The third-order valence-corrected chi connectivity index (χ3v) is 15.8. The van der Waals surface area contributed by atoms with Gasteiger partial charge in [0, 0.05) is 34.8 Å². The lowest BCUT2D eigenvalue weighted by Crippen LogP contribution is -2.36. The minimum Gasteiger partial charge on any atom is -0.455 e. The molecule has 1 aliphatic heterocycles. The van der Waals surface area contributed by atoms with Gasteiger partial charge in [0.25, 0.3) is 10.0 Å². The molecule has 1 aromatic heterocycles. The number of amides is 1. The largest absolute Gasteiger partial charge is 0.455 e. The van der Waals surface area contributed by atoms with Crippen molar-refractivity contribution in [3.05, 3.63) is 131 Å². The maximum absolute atomic E-state index is 15.0. The third kappa shape index (κ3) is 13.9. The smallest absolute Gasteiger partial charge is 0.265 e. The van der Waals surface area contributed by atoms with Crippen LogP contribution < -0.4 is 25.4 Å². The number of hydrogen-bond donors (Lipinski definition) is 4. The summed E-state index contributed by atoms with van der Waals surface area (Å²) in [5.74, 6) is 0.627. The Balaban J connectivity index is 1.10. The fourth-order valence-electron chi connectivity index (χ4n) is 11.0. The first kappa shape index (κ1) is 54.7. The second-order valence-electron chi connectivity index (χ2n) is 22.4. The molecule has 11 nitrogen and oxygen atoms in total. The van der Waals surface area contributed by atoms with Crippen molar-refractivity contribution in [2.75, 3.05) is 23.7 Å². The number of pyridine rings is 1. The predicted molar refractivity (Wildman–Crippen MR) is 308 cm³/mol. The van der Waals surface area contributed by atoms with Crippen LogP contribution in [0.2, 0.25) is 0 Å². The van der Waals surface area contributed by atoms with Crippen LogP contribution in [0.3, 0.4) is 0 Å². The molecule has 75 heavy (non-hydrogen) atoms. The van der Waals surface area contributed by atoms with Gasteiger partial charge in [0.1, 0.15) is 22.0 Å². The molecule has 0 spiro atoms. The Morgan fingerprint density at radius 3 is 1.89 bits per heavy atom. The first-order chi connectivity index (χ1) is 36.1. The van der Waals surface area contributed by atoms with Gasteiger partial charge in [0.05, 0.1) is 29.0 Å². The Morgan fingerprint density at radius 2 is 1.25 bits per heavy atom. The van der Waals surface area contributed by atoms with Crippen molar-refractivity contribution in [1.82, 2.24) is 15.0 Å². The van der Waals surface area contributed by atoms with Gasteiger partial charge in [-0.1, -0.05) is 205 Å². The molecular formula is C63H78N6O5S. The van der Waals surface area contributed by atoms with E-state index in [9.17, 15) is 13.2 Å². The SMILES string of the molecule is CCCCCCCCCCCCCCCCCCNC(=O)CNc1nc2c(Oc3ccc(C(C)(C)CC(C)(C)C)cc3)cc(Nc3ccccc3)c3c2c(c1C1=Nc2ccccc2S(=O)(=O)N1)-c1ccccc1C3=O. The van der Waals surface area contributed by atoms with E-state index in [0.29, 0.717) is 62.5 Å². The zero-order valence-electron chi connectivity index (χ0n) is 45.2. The first-order valence-corrected chi connectivity index (χ1v) is 29.1. The van der Waals surface area contributed by atoms with Gasteiger partial charge >= 0.3 is 0 Å². The van der Waals surface area contributed by atoms with Crippen molar-refractivity contribution >= 4 is 61.3 Å². The molecular weight excluding hydrogens is 953 g/mol. The van der Waals surface area contributed by atoms with Crippen LogP contribution in [-0.4, -0.2) is 44.0 Å². The zero-order chi connectivity index (χ0) is 53.0. The molecule has 12 heteroatoms. The summed E-state index contributed by atoms with van der Waals surface area (Å²) in [7, 11) is -4.12. The minimum absolute atomic E-state index is 0.00151. The molecule has 8 rings (SSSR count). The molecule has 0 radical (unpaired) electrons. The molecule has 0 fully saturated rings. The van der Waals surface area contributed by atoms with Crippen LogP contribution in [0.1, 0.15) is 178 Å². The van der Waals surface area contributed by atoms with Crippen LogP contribution in [-0.2, 0) is 20.2 Å². The molecule has 0 saturated carbocycles. The maximum atomic E-state index is 15.0. The number of rotatable bonds is 27. The molecule has 0 atom stereocenters. The summed E-state index contributed by atoms with van der Waals surface area (Å²) in [6.45, 7) is 13.9. The standard InChI is InChI=1S/C63H78N6O5S/c1-7-8-9-10-11-12-13-14-15-16-17-18-19-20-21-29-40-64-53(70)42-65-60-57(61-67-49-34-27-28-35-52(49)75(72,73)69-61)54-47-32-25-26-33-48(47)59(71)55-50(66-45-30-23-22-24-31-45)41-51(58(68-60)56(54)55)74-46-38-36-44(37-39-46)63(5,6)43-62(2,3)4/h22-28,30-39,41,66H,7-21,29,40,42-43H2,1-6H3,(H,64,70)(H,65,68)(H,67,69). The number of benzene rings is 5. The Labute approximate surface area is 446 Å². The Bertz CT molecular complexity index is 3090. The molecule has 2 heterocycles. The van der Waals surface area contributed by atoms with Crippen LogP contribution in [0.5, 0.6) is 11.5 Å². The molecule has 2 aliphatic rings. The van der Waals surface area contributed by atoms with Crippen LogP contribution in [0.25, 0.3) is 22.0 Å². The quantitative estimate of drug-likeness (QED) is 0.0372. The summed E-state index contributed by atoms with van der Waals surface area (Å²) in [5, 5.41) is 10.4. The average molecular weight is 1030 g/mol. The van der Waals surface area contributed by atoms with Gasteiger partial charge in [-0.25, -0.2) is 18.4 Å². The van der Waals surface area contributed by atoms with E-state index in [4.69, 9.17) is 14.7 Å². The topological polar surface area (TPSA) is 151 Å². The average Bonchev–Trinajstić information content (AvgIpc) is 3.38. The predicted octanol–water partition coefficient (Wildman–Crippen LogP) is 15.9.